The summed E-state index contributed by atoms with van der Waals surface area (Å²) in [6.07, 6.45) is 0. The Labute approximate surface area is 156 Å². The second-order valence-electron chi connectivity index (χ2n) is 5.91. The third-order valence-corrected chi connectivity index (χ3v) is 4.02. The van der Waals surface area contributed by atoms with E-state index in [9.17, 15) is 9.59 Å². The molecule has 1 aliphatic heterocycles. The molecule has 1 aliphatic rings. The smallest absolute Gasteiger partial charge is 0.323 e. The Morgan fingerprint density at radius 1 is 1.11 bits per heavy atom. The molecule has 0 aromatic heterocycles. The van der Waals surface area contributed by atoms with Crippen molar-refractivity contribution in [1.29, 1.82) is 0 Å². The summed E-state index contributed by atoms with van der Waals surface area (Å²) in [5.41, 5.74) is 1.48. The molecule has 0 radical (unpaired) electrons. The predicted molar refractivity (Wildman–Crippen MR) is 97.3 cm³/mol. The van der Waals surface area contributed by atoms with E-state index in [1.54, 1.807) is 43.5 Å². The van der Waals surface area contributed by atoms with Gasteiger partial charge < -0.3 is 29.5 Å². The van der Waals surface area contributed by atoms with E-state index in [-0.39, 0.29) is 25.8 Å². The van der Waals surface area contributed by atoms with Crippen molar-refractivity contribution in [1.82, 2.24) is 5.32 Å². The molecule has 0 saturated carbocycles. The molecule has 1 heterocycles. The van der Waals surface area contributed by atoms with E-state index in [2.05, 4.69) is 5.32 Å². The molecule has 0 bridgehead atoms. The molecule has 8 heteroatoms. The third kappa shape index (κ3) is 4.81. The van der Waals surface area contributed by atoms with Crippen molar-refractivity contribution in [3.05, 3.63) is 48.0 Å². The number of rotatable bonds is 8. The standard InChI is InChI=1S/C19H20N2O6/c1-25-15-5-3-14(4-6-15)21(11-19(23)24)10-18(22)20-9-13-2-7-16-17(8-13)27-12-26-16/h2-8H,9-12H2,1H3,(H,20,22)(H,23,24). The van der Waals surface area contributed by atoms with Crippen LogP contribution in [0.15, 0.2) is 42.5 Å². The first-order chi connectivity index (χ1) is 13.0. The van der Waals surface area contributed by atoms with Gasteiger partial charge >= 0.3 is 5.97 Å². The summed E-state index contributed by atoms with van der Waals surface area (Å²) in [7, 11) is 1.55. The second-order valence-corrected chi connectivity index (χ2v) is 5.91. The molecular weight excluding hydrogens is 352 g/mol. The predicted octanol–water partition coefficient (Wildman–Crippen LogP) is 1.63. The van der Waals surface area contributed by atoms with Gasteiger partial charge in [-0.25, -0.2) is 0 Å². The number of nitrogens with zero attached hydrogens (tertiary/aromatic N) is 1. The molecule has 2 aromatic rings. The lowest BCUT2D eigenvalue weighted by Gasteiger charge is -2.22. The van der Waals surface area contributed by atoms with Gasteiger partial charge in [0.25, 0.3) is 0 Å². The maximum Gasteiger partial charge on any atom is 0.323 e. The van der Waals surface area contributed by atoms with Crippen molar-refractivity contribution in [2.45, 2.75) is 6.54 Å². The average Bonchev–Trinajstić information content (AvgIpc) is 3.13. The molecule has 2 aromatic carbocycles. The highest BCUT2D eigenvalue weighted by atomic mass is 16.7. The maximum atomic E-state index is 12.3. The second kappa shape index (κ2) is 8.31. The van der Waals surface area contributed by atoms with Gasteiger partial charge in [-0.2, -0.15) is 0 Å². The van der Waals surface area contributed by atoms with Gasteiger partial charge in [-0.3, -0.25) is 9.59 Å². The number of carboxylic acids is 1. The number of aliphatic carboxylic acids is 1. The number of hydrogen-bond donors (Lipinski definition) is 2. The van der Waals surface area contributed by atoms with Gasteiger partial charge in [0.15, 0.2) is 11.5 Å². The SMILES string of the molecule is COc1ccc(N(CC(=O)O)CC(=O)NCc2ccc3c(c2)OCO3)cc1. The molecule has 0 atom stereocenters. The molecule has 0 spiro atoms. The first-order valence-corrected chi connectivity index (χ1v) is 8.31. The van der Waals surface area contributed by atoms with Gasteiger partial charge in [0.05, 0.1) is 13.7 Å². The zero-order valence-electron chi connectivity index (χ0n) is 14.8. The molecule has 0 unspecified atom stereocenters. The van der Waals surface area contributed by atoms with Crippen LogP contribution >= 0.6 is 0 Å². The summed E-state index contributed by atoms with van der Waals surface area (Å²) >= 11 is 0. The Bertz CT molecular complexity index is 821. The fourth-order valence-corrected chi connectivity index (χ4v) is 2.68. The molecule has 2 N–H and O–H groups in total. The highest BCUT2D eigenvalue weighted by Crippen LogP contribution is 2.32. The topological polar surface area (TPSA) is 97.3 Å². The first kappa shape index (κ1) is 18.4. The molecule has 0 saturated heterocycles. The third-order valence-electron chi connectivity index (χ3n) is 4.02. The summed E-state index contributed by atoms with van der Waals surface area (Å²) in [4.78, 5) is 24.9. The van der Waals surface area contributed by atoms with Crippen LogP contribution < -0.4 is 24.4 Å². The Hall–Kier alpha value is -3.42. The number of benzene rings is 2. The van der Waals surface area contributed by atoms with Crippen molar-refractivity contribution in [2.24, 2.45) is 0 Å². The van der Waals surface area contributed by atoms with E-state index < -0.39 is 5.97 Å². The number of fused-ring (bicyclic) bond motifs is 1. The average molecular weight is 372 g/mol. The molecule has 142 valence electrons. The van der Waals surface area contributed by atoms with Gasteiger partial charge in [0.1, 0.15) is 12.3 Å². The van der Waals surface area contributed by atoms with Crippen LogP contribution in [0.4, 0.5) is 5.69 Å². The van der Waals surface area contributed by atoms with Gasteiger partial charge in [0.2, 0.25) is 12.7 Å². The maximum absolute atomic E-state index is 12.3. The number of amides is 1. The largest absolute Gasteiger partial charge is 0.497 e. The van der Waals surface area contributed by atoms with Gasteiger partial charge in [-0.15, -0.1) is 0 Å². The van der Waals surface area contributed by atoms with Crippen molar-refractivity contribution in [3.63, 3.8) is 0 Å². The number of nitrogens with one attached hydrogen (secondary N) is 1. The fraction of sp³-hybridized carbons (Fsp3) is 0.263. The Morgan fingerprint density at radius 2 is 1.85 bits per heavy atom. The van der Waals surface area contributed by atoms with Crippen LogP contribution in [0, 0.1) is 0 Å². The van der Waals surface area contributed by atoms with Crippen LogP contribution in [0.2, 0.25) is 0 Å². The van der Waals surface area contributed by atoms with Gasteiger partial charge in [-0.1, -0.05) is 6.07 Å². The zero-order valence-corrected chi connectivity index (χ0v) is 14.8. The molecule has 27 heavy (non-hydrogen) atoms. The lowest BCUT2D eigenvalue weighted by atomic mass is 10.2. The van der Waals surface area contributed by atoms with Gasteiger partial charge in [-0.05, 0) is 42.0 Å². The number of carboxylic acid groups (broad SMARTS) is 1. The molecular formula is C19H20N2O6. The van der Waals surface area contributed by atoms with Crippen LogP contribution in [-0.2, 0) is 16.1 Å². The van der Waals surface area contributed by atoms with Crippen molar-refractivity contribution in [3.8, 4) is 17.2 Å². The molecule has 8 nitrogen and oxygen atoms in total. The highest BCUT2D eigenvalue weighted by molar-refractivity contribution is 5.84. The number of carbonyl (C=O) groups excluding carboxylic acids is 1. The Morgan fingerprint density at radius 3 is 2.56 bits per heavy atom. The fourth-order valence-electron chi connectivity index (χ4n) is 2.68. The number of methoxy groups -OCH3 is 1. The molecule has 3 rings (SSSR count). The van der Waals surface area contributed by atoms with E-state index in [1.807, 2.05) is 6.07 Å². The van der Waals surface area contributed by atoms with Crippen LogP contribution in [0.5, 0.6) is 17.2 Å². The number of carbonyl (C=O) groups is 2. The monoisotopic (exact) mass is 372 g/mol. The quantitative estimate of drug-likeness (QED) is 0.727. The van der Waals surface area contributed by atoms with Crippen molar-refractivity contribution in [2.75, 3.05) is 31.9 Å². The highest BCUT2D eigenvalue weighted by Gasteiger charge is 2.16. The van der Waals surface area contributed by atoms with Crippen LogP contribution in [-0.4, -0.2) is 44.0 Å². The Balaban J connectivity index is 1.60. The van der Waals surface area contributed by atoms with E-state index in [0.717, 1.165) is 5.56 Å². The minimum absolute atomic E-state index is 0.0802. The number of anilines is 1. The minimum Gasteiger partial charge on any atom is -0.497 e. The molecule has 0 aliphatic carbocycles. The van der Waals surface area contributed by atoms with Crippen LogP contribution in [0.3, 0.4) is 0 Å². The van der Waals surface area contributed by atoms with Crippen LogP contribution in [0.25, 0.3) is 0 Å². The minimum atomic E-state index is -1.02. The van der Waals surface area contributed by atoms with E-state index in [0.29, 0.717) is 29.5 Å². The molecule has 0 fully saturated rings. The first-order valence-electron chi connectivity index (χ1n) is 8.31. The van der Waals surface area contributed by atoms with E-state index in [4.69, 9.17) is 19.3 Å². The van der Waals surface area contributed by atoms with Gasteiger partial charge in [0, 0.05) is 12.2 Å². The Kier molecular flexibility index (Phi) is 5.65. The summed E-state index contributed by atoms with van der Waals surface area (Å²) in [5, 5.41) is 11.9. The number of hydrogen-bond acceptors (Lipinski definition) is 6. The molecule has 1 amide bonds. The lowest BCUT2D eigenvalue weighted by Crippen LogP contribution is -2.39. The summed E-state index contributed by atoms with van der Waals surface area (Å²) < 4.78 is 15.7. The summed E-state index contributed by atoms with van der Waals surface area (Å²) in [6, 6.07) is 12.3. The van der Waals surface area contributed by atoms with E-state index >= 15 is 0 Å². The lowest BCUT2D eigenvalue weighted by molar-refractivity contribution is -0.135. The summed E-state index contributed by atoms with van der Waals surface area (Å²) in [6.45, 7) is 0.128. The van der Waals surface area contributed by atoms with Crippen LogP contribution in [0.1, 0.15) is 5.56 Å². The normalized spacial score (nSPS) is 11.7. The van der Waals surface area contributed by atoms with Crippen molar-refractivity contribution < 1.29 is 28.9 Å². The van der Waals surface area contributed by atoms with E-state index in [1.165, 1.54) is 4.90 Å². The van der Waals surface area contributed by atoms with Crippen molar-refractivity contribution >= 4 is 17.6 Å². The zero-order chi connectivity index (χ0) is 19.2. The summed E-state index contributed by atoms with van der Waals surface area (Å²) in [5.74, 6) is 0.671. The number of ether oxygens (including phenoxy) is 3.